The zero-order valence-corrected chi connectivity index (χ0v) is 14.8. The molecule has 3 aromatic rings. The van der Waals surface area contributed by atoms with Crippen LogP contribution in [0.4, 0.5) is 10.1 Å². The summed E-state index contributed by atoms with van der Waals surface area (Å²) in [4.78, 5) is 28.1. The van der Waals surface area contributed by atoms with Crippen LogP contribution in [0.25, 0.3) is 0 Å². The Morgan fingerprint density at radius 1 is 1.00 bits per heavy atom. The Bertz CT molecular complexity index is 942. The van der Waals surface area contributed by atoms with Crippen LogP contribution in [0.3, 0.4) is 0 Å². The van der Waals surface area contributed by atoms with Crippen molar-refractivity contribution >= 4 is 29.1 Å². The lowest BCUT2D eigenvalue weighted by Crippen LogP contribution is -2.24. The van der Waals surface area contributed by atoms with Crippen LogP contribution in [0.2, 0.25) is 5.02 Å². The van der Waals surface area contributed by atoms with Crippen LogP contribution >= 0.6 is 11.6 Å². The summed E-state index contributed by atoms with van der Waals surface area (Å²) in [7, 11) is 0. The van der Waals surface area contributed by atoms with Crippen molar-refractivity contribution < 1.29 is 14.0 Å². The van der Waals surface area contributed by atoms with Crippen LogP contribution in [-0.4, -0.2) is 16.8 Å². The van der Waals surface area contributed by atoms with Crippen molar-refractivity contribution in [3.8, 4) is 0 Å². The Morgan fingerprint density at radius 3 is 2.44 bits per heavy atom. The van der Waals surface area contributed by atoms with Gasteiger partial charge in [-0.2, -0.15) is 0 Å². The van der Waals surface area contributed by atoms with Gasteiger partial charge in [-0.05, 0) is 42.0 Å². The maximum absolute atomic E-state index is 13.8. The molecular weight excluding hydrogens is 369 g/mol. The predicted octanol–water partition coefficient (Wildman–Crippen LogP) is 4.06. The number of benzene rings is 2. The van der Waals surface area contributed by atoms with Crippen LogP contribution in [0.15, 0.2) is 67.0 Å². The summed E-state index contributed by atoms with van der Waals surface area (Å²) in [6.07, 6.45) is 3.07. The van der Waals surface area contributed by atoms with Gasteiger partial charge in [0.1, 0.15) is 5.82 Å². The Kier molecular flexibility index (Phi) is 5.78. The number of amides is 2. The SMILES string of the molecule is O=C(Nc1ccc(CNC(=O)c2c(F)cccc2Cl)cc1)c1cccnc1. The van der Waals surface area contributed by atoms with Crippen molar-refractivity contribution in [3.05, 3.63) is 94.5 Å². The summed E-state index contributed by atoms with van der Waals surface area (Å²) in [5.74, 6) is -1.53. The molecule has 136 valence electrons. The van der Waals surface area contributed by atoms with Gasteiger partial charge in [-0.25, -0.2) is 4.39 Å². The molecule has 27 heavy (non-hydrogen) atoms. The van der Waals surface area contributed by atoms with E-state index in [4.69, 9.17) is 11.6 Å². The van der Waals surface area contributed by atoms with Gasteiger partial charge in [0.2, 0.25) is 0 Å². The van der Waals surface area contributed by atoms with Crippen LogP contribution in [0.1, 0.15) is 26.3 Å². The zero-order valence-electron chi connectivity index (χ0n) is 14.1. The van der Waals surface area contributed by atoms with Gasteiger partial charge in [0.05, 0.1) is 16.1 Å². The first-order valence-electron chi connectivity index (χ1n) is 8.07. The predicted molar refractivity (Wildman–Crippen MR) is 101 cm³/mol. The summed E-state index contributed by atoms with van der Waals surface area (Å²) in [5.41, 5.74) is 1.67. The molecule has 0 saturated heterocycles. The third kappa shape index (κ3) is 4.68. The molecule has 2 N–H and O–H groups in total. The minimum atomic E-state index is -0.673. The van der Waals surface area contributed by atoms with Crippen molar-refractivity contribution in [1.82, 2.24) is 10.3 Å². The van der Waals surface area contributed by atoms with E-state index in [1.807, 2.05) is 0 Å². The van der Waals surface area contributed by atoms with E-state index < -0.39 is 11.7 Å². The molecule has 3 rings (SSSR count). The van der Waals surface area contributed by atoms with Crippen LogP contribution in [0, 0.1) is 5.82 Å². The number of rotatable bonds is 5. The maximum Gasteiger partial charge on any atom is 0.257 e. The lowest BCUT2D eigenvalue weighted by Gasteiger charge is -2.09. The summed E-state index contributed by atoms with van der Waals surface area (Å²) in [6, 6.07) is 14.4. The molecule has 0 fully saturated rings. The van der Waals surface area contributed by atoms with Gasteiger partial charge in [0, 0.05) is 24.6 Å². The van der Waals surface area contributed by atoms with Gasteiger partial charge in [-0.3, -0.25) is 14.6 Å². The Hall–Kier alpha value is -3.25. The molecule has 0 aliphatic carbocycles. The second kappa shape index (κ2) is 8.42. The third-order valence-corrected chi connectivity index (χ3v) is 4.09. The first kappa shape index (κ1) is 18.5. The highest BCUT2D eigenvalue weighted by molar-refractivity contribution is 6.33. The van der Waals surface area contributed by atoms with E-state index in [0.717, 1.165) is 5.56 Å². The van der Waals surface area contributed by atoms with Gasteiger partial charge in [-0.1, -0.05) is 29.8 Å². The number of hydrogen-bond acceptors (Lipinski definition) is 3. The van der Waals surface area contributed by atoms with E-state index in [9.17, 15) is 14.0 Å². The second-order valence-corrected chi connectivity index (χ2v) is 6.08. The molecule has 0 bridgehead atoms. The lowest BCUT2D eigenvalue weighted by atomic mass is 10.1. The number of hydrogen-bond donors (Lipinski definition) is 2. The van der Waals surface area contributed by atoms with Crippen molar-refractivity contribution in [2.45, 2.75) is 6.54 Å². The first-order valence-corrected chi connectivity index (χ1v) is 8.45. The van der Waals surface area contributed by atoms with Gasteiger partial charge in [0.25, 0.3) is 11.8 Å². The van der Waals surface area contributed by atoms with E-state index in [0.29, 0.717) is 11.3 Å². The molecule has 2 aromatic carbocycles. The maximum atomic E-state index is 13.8. The molecule has 0 unspecified atom stereocenters. The molecule has 0 aliphatic heterocycles. The van der Waals surface area contributed by atoms with E-state index in [1.165, 1.54) is 24.4 Å². The topological polar surface area (TPSA) is 71.1 Å². The smallest absolute Gasteiger partial charge is 0.257 e. The molecule has 2 amide bonds. The molecule has 0 aliphatic rings. The van der Waals surface area contributed by atoms with Crippen molar-refractivity contribution in [1.29, 1.82) is 0 Å². The van der Waals surface area contributed by atoms with Crippen molar-refractivity contribution in [2.24, 2.45) is 0 Å². The molecular formula is C20H15ClFN3O2. The molecule has 0 saturated carbocycles. The largest absolute Gasteiger partial charge is 0.348 e. The minimum absolute atomic E-state index is 0.0564. The lowest BCUT2D eigenvalue weighted by molar-refractivity contribution is 0.0946. The molecule has 1 aromatic heterocycles. The molecule has 1 heterocycles. The summed E-state index contributed by atoms with van der Waals surface area (Å²) >= 11 is 5.88. The molecule has 0 radical (unpaired) electrons. The summed E-state index contributed by atoms with van der Waals surface area (Å²) in [5, 5.41) is 5.44. The number of anilines is 1. The van der Waals surface area contributed by atoms with E-state index in [2.05, 4.69) is 15.6 Å². The number of pyridine rings is 1. The number of halogens is 2. The summed E-state index contributed by atoms with van der Waals surface area (Å²) in [6.45, 7) is 0.195. The number of carbonyl (C=O) groups excluding carboxylic acids is 2. The first-order chi connectivity index (χ1) is 13.0. The number of aromatic nitrogens is 1. The fourth-order valence-electron chi connectivity index (χ4n) is 2.39. The fourth-order valence-corrected chi connectivity index (χ4v) is 2.64. The number of nitrogens with one attached hydrogen (secondary N) is 2. The van der Waals surface area contributed by atoms with Crippen LogP contribution in [-0.2, 0) is 6.54 Å². The Morgan fingerprint density at radius 2 is 1.78 bits per heavy atom. The van der Waals surface area contributed by atoms with Crippen LogP contribution < -0.4 is 10.6 Å². The average Bonchev–Trinajstić information content (AvgIpc) is 2.68. The number of nitrogens with zero attached hydrogens (tertiary/aromatic N) is 1. The van der Waals surface area contributed by atoms with Gasteiger partial charge in [-0.15, -0.1) is 0 Å². The highest BCUT2D eigenvalue weighted by atomic mass is 35.5. The van der Waals surface area contributed by atoms with Crippen molar-refractivity contribution in [3.63, 3.8) is 0 Å². The molecule has 0 spiro atoms. The standard InChI is InChI=1S/C20H15ClFN3O2/c21-16-4-1-5-17(22)18(16)20(27)24-11-13-6-8-15(9-7-13)25-19(26)14-3-2-10-23-12-14/h1-10,12H,11H2,(H,24,27)(H,25,26). The highest BCUT2D eigenvalue weighted by Crippen LogP contribution is 2.19. The quantitative estimate of drug-likeness (QED) is 0.698. The minimum Gasteiger partial charge on any atom is -0.348 e. The van der Waals surface area contributed by atoms with Gasteiger partial charge < -0.3 is 10.6 Å². The van der Waals surface area contributed by atoms with Crippen molar-refractivity contribution in [2.75, 3.05) is 5.32 Å². The second-order valence-electron chi connectivity index (χ2n) is 5.67. The van der Waals surface area contributed by atoms with Gasteiger partial charge in [0.15, 0.2) is 0 Å². The number of carbonyl (C=O) groups is 2. The fraction of sp³-hybridized carbons (Fsp3) is 0.0500. The molecule has 7 heteroatoms. The van der Waals surface area contributed by atoms with E-state index in [-0.39, 0.29) is 23.0 Å². The third-order valence-electron chi connectivity index (χ3n) is 3.78. The normalized spacial score (nSPS) is 10.3. The van der Waals surface area contributed by atoms with E-state index >= 15 is 0 Å². The molecule has 5 nitrogen and oxygen atoms in total. The Balaban J connectivity index is 1.59. The van der Waals surface area contributed by atoms with Crippen LogP contribution in [0.5, 0.6) is 0 Å². The Labute approximate surface area is 160 Å². The summed E-state index contributed by atoms with van der Waals surface area (Å²) < 4.78 is 13.8. The average molecular weight is 384 g/mol. The zero-order chi connectivity index (χ0) is 19.2. The monoisotopic (exact) mass is 383 g/mol. The highest BCUT2D eigenvalue weighted by Gasteiger charge is 2.15. The van der Waals surface area contributed by atoms with E-state index in [1.54, 1.807) is 42.6 Å². The molecule has 0 atom stereocenters. The van der Waals surface area contributed by atoms with Gasteiger partial charge >= 0.3 is 0 Å².